The molecule has 0 aromatic heterocycles. The molecule has 88 valence electrons. The molecule has 0 bridgehead atoms. The number of hydrogen-bond donors (Lipinski definition) is 0. The van der Waals surface area contributed by atoms with Crippen LogP contribution in [0.2, 0.25) is 0 Å². The normalized spacial score (nSPS) is 17.1. The molecule has 0 radical (unpaired) electrons. The Labute approximate surface area is 97.6 Å². The molecule has 1 atom stereocenters. The van der Waals surface area contributed by atoms with Crippen LogP contribution in [0, 0.1) is 5.92 Å². The minimum absolute atomic E-state index is 0.384. The van der Waals surface area contributed by atoms with Gasteiger partial charge >= 0.3 is 0 Å². The van der Waals surface area contributed by atoms with E-state index in [9.17, 15) is 0 Å². The molecule has 0 aliphatic heterocycles. The Morgan fingerprint density at radius 1 is 1.25 bits per heavy atom. The van der Waals surface area contributed by atoms with Crippen LogP contribution >= 0.6 is 0 Å². The maximum Gasteiger partial charge on any atom is 0.118 e. The summed E-state index contributed by atoms with van der Waals surface area (Å²) in [5.41, 5.74) is 1.21. The highest BCUT2D eigenvalue weighted by Gasteiger charge is 2.23. The Bertz CT molecular complexity index is 314. The molecule has 1 aliphatic rings. The van der Waals surface area contributed by atoms with Crippen molar-refractivity contribution >= 4 is 0 Å². The van der Waals surface area contributed by atoms with Gasteiger partial charge in [0.05, 0.1) is 19.8 Å². The first-order valence-electron chi connectivity index (χ1n) is 6.02. The van der Waals surface area contributed by atoms with E-state index in [1.165, 1.54) is 24.8 Å². The van der Waals surface area contributed by atoms with E-state index >= 15 is 0 Å². The standard InChI is InChI=1S/C14H20O2/c1-11(9-12-3-4-12)16-10-13-5-7-14(15-2)8-6-13/h5-8,11-12H,3-4,9-10H2,1-2H3. The van der Waals surface area contributed by atoms with Gasteiger partial charge in [-0.3, -0.25) is 0 Å². The molecule has 2 nitrogen and oxygen atoms in total. The third-order valence-corrected chi connectivity index (χ3v) is 3.06. The largest absolute Gasteiger partial charge is 0.497 e. The first kappa shape index (κ1) is 11.5. The third kappa shape index (κ3) is 3.53. The molecular weight excluding hydrogens is 200 g/mol. The Balaban J connectivity index is 1.74. The van der Waals surface area contributed by atoms with Gasteiger partial charge in [0.1, 0.15) is 5.75 Å². The highest BCUT2D eigenvalue weighted by Crippen LogP contribution is 2.34. The van der Waals surface area contributed by atoms with Crippen LogP contribution in [0.3, 0.4) is 0 Å². The van der Waals surface area contributed by atoms with Gasteiger partial charge in [0.2, 0.25) is 0 Å². The van der Waals surface area contributed by atoms with Crippen molar-refractivity contribution in [1.29, 1.82) is 0 Å². The van der Waals surface area contributed by atoms with Crippen molar-refractivity contribution in [2.75, 3.05) is 7.11 Å². The van der Waals surface area contributed by atoms with Crippen LogP contribution in [0.25, 0.3) is 0 Å². The minimum atomic E-state index is 0.384. The summed E-state index contributed by atoms with van der Waals surface area (Å²) in [5, 5.41) is 0. The zero-order valence-corrected chi connectivity index (χ0v) is 10.1. The average Bonchev–Trinajstić information content (AvgIpc) is 3.11. The predicted octanol–water partition coefficient (Wildman–Crippen LogP) is 3.40. The van der Waals surface area contributed by atoms with Gasteiger partial charge in [-0.1, -0.05) is 25.0 Å². The molecule has 1 saturated carbocycles. The van der Waals surface area contributed by atoms with Gasteiger partial charge in [0, 0.05) is 0 Å². The second-order valence-corrected chi connectivity index (χ2v) is 4.65. The van der Waals surface area contributed by atoms with E-state index in [0.717, 1.165) is 11.7 Å². The van der Waals surface area contributed by atoms with E-state index in [1.54, 1.807) is 7.11 Å². The molecule has 0 spiro atoms. The molecule has 1 fully saturated rings. The summed E-state index contributed by atoms with van der Waals surface area (Å²) in [7, 11) is 1.68. The summed E-state index contributed by atoms with van der Waals surface area (Å²) < 4.78 is 10.9. The van der Waals surface area contributed by atoms with Crippen molar-refractivity contribution < 1.29 is 9.47 Å². The monoisotopic (exact) mass is 220 g/mol. The molecule has 1 aromatic carbocycles. The van der Waals surface area contributed by atoms with Crippen molar-refractivity contribution in [3.63, 3.8) is 0 Å². The zero-order chi connectivity index (χ0) is 11.4. The Morgan fingerprint density at radius 2 is 1.94 bits per heavy atom. The van der Waals surface area contributed by atoms with Gasteiger partial charge in [0.15, 0.2) is 0 Å². The van der Waals surface area contributed by atoms with E-state index in [2.05, 4.69) is 19.1 Å². The topological polar surface area (TPSA) is 18.5 Å². The van der Waals surface area contributed by atoms with Gasteiger partial charge in [-0.05, 0) is 37.0 Å². The van der Waals surface area contributed by atoms with Crippen LogP contribution in [0.4, 0.5) is 0 Å². The first-order valence-corrected chi connectivity index (χ1v) is 6.02. The molecule has 1 aromatic rings. The van der Waals surface area contributed by atoms with Crippen LogP contribution < -0.4 is 4.74 Å². The van der Waals surface area contributed by atoms with E-state index in [1.807, 2.05) is 12.1 Å². The molecule has 2 heteroatoms. The van der Waals surface area contributed by atoms with Crippen molar-refractivity contribution in [3.05, 3.63) is 29.8 Å². The molecule has 0 amide bonds. The number of ether oxygens (including phenoxy) is 2. The molecule has 16 heavy (non-hydrogen) atoms. The maximum absolute atomic E-state index is 5.81. The van der Waals surface area contributed by atoms with Crippen molar-refractivity contribution in [3.8, 4) is 5.75 Å². The fourth-order valence-electron chi connectivity index (χ4n) is 1.85. The molecule has 0 saturated heterocycles. The Hall–Kier alpha value is -1.02. The lowest BCUT2D eigenvalue weighted by Crippen LogP contribution is -2.08. The van der Waals surface area contributed by atoms with Crippen LogP contribution in [-0.4, -0.2) is 13.2 Å². The Morgan fingerprint density at radius 3 is 2.50 bits per heavy atom. The van der Waals surface area contributed by atoms with Gasteiger partial charge in [-0.2, -0.15) is 0 Å². The lowest BCUT2D eigenvalue weighted by atomic mass is 10.2. The Kier molecular flexibility index (Phi) is 3.83. The smallest absolute Gasteiger partial charge is 0.118 e. The van der Waals surface area contributed by atoms with E-state index in [-0.39, 0.29) is 0 Å². The van der Waals surface area contributed by atoms with E-state index < -0.39 is 0 Å². The molecule has 2 rings (SSSR count). The number of benzene rings is 1. The predicted molar refractivity (Wildman–Crippen MR) is 64.6 cm³/mol. The second kappa shape index (κ2) is 5.35. The van der Waals surface area contributed by atoms with Crippen LogP contribution in [0.5, 0.6) is 5.75 Å². The second-order valence-electron chi connectivity index (χ2n) is 4.65. The molecular formula is C14H20O2. The van der Waals surface area contributed by atoms with Gasteiger partial charge in [-0.25, -0.2) is 0 Å². The molecule has 1 unspecified atom stereocenters. The van der Waals surface area contributed by atoms with Gasteiger partial charge in [0.25, 0.3) is 0 Å². The molecule has 1 aliphatic carbocycles. The number of hydrogen-bond acceptors (Lipinski definition) is 2. The van der Waals surface area contributed by atoms with Crippen LogP contribution in [0.15, 0.2) is 24.3 Å². The summed E-state index contributed by atoms with van der Waals surface area (Å²) in [5.74, 6) is 1.83. The van der Waals surface area contributed by atoms with Gasteiger partial charge < -0.3 is 9.47 Å². The van der Waals surface area contributed by atoms with E-state index in [4.69, 9.17) is 9.47 Å². The van der Waals surface area contributed by atoms with E-state index in [0.29, 0.717) is 12.7 Å². The highest BCUT2D eigenvalue weighted by molar-refractivity contribution is 5.26. The van der Waals surface area contributed by atoms with Crippen molar-refractivity contribution in [2.24, 2.45) is 5.92 Å². The first-order chi connectivity index (χ1) is 7.78. The average molecular weight is 220 g/mol. The van der Waals surface area contributed by atoms with Crippen LogP contribution in [0.1, 0.15) is 31.7 Å². The maximum atomic E-state index is 5.81. The van der Waals surface area contributed by atoms with Crippen LogP contribution in [-0.2, 0) is 11.3 Å². The fraction of sp³-hybridized carbons (Fsp3) is 0.571. The fourth-order valence-corrected chi connectivity index (χ4v) is 1.85. The summed E-state index contributed by atoms with van der Waals surface area (Å²) in [6, 6.07) is 8.07. The summed E-state index contributed by atoms with van der Waals surface area (Å²) in [6.07, 6.45) is 4.40. The van der Waals surface area contributed by atoms with Gasteiger partial charge in [-0.15, -0.1) is 0 Å². The minimum Gasteiger partial charge on any atom is -0.497 e. The van der Waals surface area contributed by atoms with Crippen molar-refractivity contribution in [1.82, 2.24) is 0 Å². The third-order valence-electron chi connectivity index (χ3n) is 3.06. The molecule has 0 N–H and O–H groups in total. The quantitative estimate of drug-likeness (QED) is 0.731. The number of methoxy groups -OCH3 is 1. The molecule has 0 heterocycles. The summed E-state index contributed by atoms with van der Waals surface area (Å²) in [6.45, 7) is 2.87. The SMILES string of the molecule is COc1ccc(COC(C)CC2CC2)cc1. The van der Waals surface area contributed by atoms with Crippen molar-refractivity contribution in [2.45, 2.75) is 38.9 Å². The highest BCUT2D eigenvalue weighted by atomic mass is 16.5. The lowest BCUT2D eigenvalue weighted by Gasteiger charge is -2.12. The summed E-state index contributed by atoms with van der Waals surface area (Å²) in [4.78, 5) is 0. The summed E-state index contributed by atoms with van der Waals surface area (Å²) >= 11 is 0. The number of rotatable bonds is 6. The lowest BCUT2D eigenvalue weighted by molar-refractivity contribution is 0.0440. The zero-order valence-electron chi connectivity index (χ0n) is 10.1.